The molecule has 14 heavy (non-hydrogen) atoms. The fourth-order valence-corrected chi connectivity index (χ4v) is 1.11. The van der Waals surface area contributed by atoms with Gasteiger partial charge in [-0.1, -0.05) is 19.9 Å². The SMILES string of the molecule is C=C(C)C(=O)OCCNC(C)CCC. The summed E-state index contributed by atoms with van der Waals surface area (Å²) in [4.78, 5) is 11.0. The van der Waals surface area contributed by atoms with E-state index in [9.17, 15) is 4.79 Å². The second kappa shape index (κ2) is 7.56. The molecule has 3 heteroatoms. The number of carbonyl (C=O) groups excluding carboxylic acids is 1. The summed E-state index contributed by atoms with van der Waals surface area (Å²) in [5, 5.41) is 3.27. The lowest BCUT2D eigenvalue weighted by molar-refractivity contribution is -0.138. The Morgan fingerprint density at radius 2 is 2.21 bits per heavy atom. The molecule has 0 aliphatic heterocycles. The number of nitrogens with one attached hydrogen (secondary N) is 1. The molecule has 1 unspecified atom stereocenters. The third-order valence-electron chi connectivity index (χ3n) is 1.90. The zero-order valence-electron chi connectivity index (χ0n) is 9.43. The molecule has 0 radical (unpaired) electrons. The molecule has 0 fully saturated rings. The van der Waals surface area contributed by atoms with Crippen LogP contribution in [0, 0.1) is 0 Å². The Hall–Kier alpha value is -0.830. The van der Waals surface area contributed by atoms with Crippen LogP contribution in [0.3, 0.4) is 0 Å². The highest BCUT2D eigenvalue weighted by atomic mass is 16.5. The van der Waals surface area contributed by atoms with Crippen molar-refractivity contribution in [3.63, 3.8) is 0 Å². The van der Waals surface area contributed by atoms with Crippen LogP contribution in [-0.4, -0.2) is 25.2 Å². The van der Waals surface area contributed by atoms with E-state index in [1.165, 1.54) is 6.42 Å². The summed E-state index contributed by atoms with van der Waals surface area (Å²) < 4.78 is 4.93. The zero-order valence-corrected chi connectivity index (χ0v) is 9.43. The van der Waals surface area contributed by atoms with Crippen molar-refractivity contribution in [3.8, 4) is 0 Å². The predicted octanol–water partition coefficient (Wildman–Crippen LogP) is 1.88. The van der Waals surface area contributed by atoms with Crippen molar-refractivity contribution in [2.75, 3.05) is 13.2 Å². The van der Waals surface area contributed by atoms with Crippen LogP contribution in [0.1, 0.15) is 33.6 Å². The first-order valence-electron chi connectivity index (χ1n) is 5.14. The highest BCUT2D eigenvalue weighted by Gasteiger charge is 2.03. The van der Waals surface area contributed by atoms with E-state index in [2.05, 4.69) is 25.7 Å². The van der Waals surface area contributed by atoms with E-state index in [0.717, 1.165) is 6.42 Å². The molecule has 3 nitrogen and oxygen atoms in total. The first-order valence-corrected chi connectivity index (χ1v) is 5.14. The van der Waals surface area contributed by atoms with E-state index in [0.29, 0.717) is 24.8 Å². The maximum absolute atomic E-state index is 11.0. The van der Waals surface area contributed by atoms with Gasteiger partial charge in [-0.2, -0.15) is 0 Å². The molecule has 0 aromatic rings. The summed E-state index contributed by atoms with van der Waals surface area (Å²) in [7, 11) is 0. The minimum absolute atomic E-state index is 0.310. The monoisotopic (exact) mass is 199 g/mol. The molecule has 0 spiro atoms. The molecule has 0 rings (SSSR count). The summed E-state index contributed by atoms with van der Waals surface area (Å²) in [5.41, 5.74) is 0.451. The van der Waals surface area contributed by atoms with Crippen LogP contribution in [-0.2, 0) is 9.53 Å². The molecule has 0 saturated heterocycles. The predicted molar refractivity (Wildman–Crippen MR) is 58.1 cm³/mol. The minimum atomic E-state index is -0.310. The Bertz CT molecular complexity index is 190. The van der Waals surface area contributed by atoms with Crippen molar-refractivity contribution in [1.82, 2.24) is 5.32 Å². The van der Waals surface area contributed by atoms with Gasteiger partial charge >= 0.3 is 5.97 Å². The largest absolute Gasteiger partial charge is 0.461 e. The van der Waals surface area contributed by atoms with Crippen LogP contribution in [0.2, 0.25) is 0 Å². The molecule has 82 valence electrons. The maximum Gasteiger partial charge on any atom is 0.333 e. The molecular formula is C11H21NO2. The molecule has 0 amide bonds. The Morgan fingerprint density at radius 3 is 2.71 bits per heavy atom. The van der Waals surface area contributed by atoms with Gasteiger partial charge in [-0.25, -0.2) is 4.79 Å². The van der Waals surface area contributed by atoms with Gasteiger partial charge < -0.3 is 10.1 Å². The van der Waals surface area contributed by atoms with Gasteiger partial charge in [-0.3, -0.25) is 0 Å². The van der Waals surface area contributed by atoms with Gasteiger partial charge in [0.05, 0.1) is 0 Å². The van der Waals surface area contributed by atoms with E-state index in [1.807, 2.05) is 0 Å². The van der Waals surface area contributed by atoms with Crippen LogP contribution in [0.25, 0.3) is 0 Å². The highest BCUT2D eigenvalue weighted by Crippen LogP contribution is 1.94. The lowest BCUT2D eigenvalue weighted by Gasteiger charge is -2.12. The number of carbonyl (C=O) groups is 1. The zero-order chi connectivity index (χ0) is 11.0. The summed E-state index contributed by atoms with van der Waals surface area (Å²) in [6.45, 7) is 10.6. The first kappa shape index (κ1) is 13.2. The van der Waals surface area contributed by atoms with E-state index >= 15 is 0 Å². The molecule has 0 aromatic carbocycles. The number of hydrogen-bond donors (Lipinski definition) is 1. The molecule has 0 aliphatic rings. The molecule has 0 aliphatic carbocycles. The summed E-state index contributed by atoms with van der Waals surface area (Å²) in [5.74, 6) is -0.310. The quantitative estimate of drug-likeness (QED) is 0.386. The number of hydrogen-bond acceptors (Lipinski definition) is 3. The van der Waals surface area contributed by atoms with Crippen molar-refractivity contribution >= 4 is 5.97 Å². The van der Waals surface area contributed by atoms with Gasteiger partial charge in [0.25, 0.3) is 0 Å². The Balaban J connectivity index is 3.37. The standard InChI is InChI=1S/C11H21NO2/c1-5-6-10(4)12-7-8-14-11(13)9(2)3/h10,12H,2,5-8H2,1,3-4H3. The summed E-state index contributed by atoms with van der Waals surface area (Å²) >= 11 is 0. The molecular weight excluding hydrogens is 178 g/mol. The van der Waals surface area contributed by atoms with Gasteiger partial charge in [-0.05, 0) is 20.3 Å². The third-order valence-corrected chi connectivity index (χ3v) is 1.90. The van der Waals surface area contributed by atoms with E-state index in [1.54, 1.807) is 6.92 Å². The van der Waals surface area contributed by atoms with Gasteiger partial charge in [0.1, 0.15) is 6.61 Å². The fourth-order valence-electron chi connectivity index (χ4n) is 1.11. The van der Waals surface area contributed by atoms with Crippen molar-refractivity contribution in [1.29, 1.82) is 0 Å². The van der Waals surface area contributed by atoms with E-state index in [-0.39, 0.29) is 5.97 Å². The van der Waals surface area contributed by atoms with Crippen LogP contribution >= 0.6 is 0 Å². The minimum Gasteiger partial charge on any atom is -0.461 e. The van der Waals surface area contributed by atoms with Gasteiger partial charge in [0.2, 0.25) is 0 Å². The van der Waals surface area contributed by atoms with Crippen molar-refractivity contribution < 1.29 is 9.53 Å². The third kappa shape index (κ3) is 6.66. The fraction of sp³-hybridized carbons (Fsp3) is 0.727. The normalized spacial score (nSPS) is 12.2. The Labute approximate surface area is 86.5 Å². The van der Waals surface area contributed by atoms with Gasteiger partial charge in [0, 0.05) is 18.2 Å². The van der Waals surface area contributed by atoms with Crippen molar-refractivity contribution in [3.05, 3.63) is 12.2 Å². The van der Waals surface area contributed by atoms with Crippen molar-refractivity contribution in [2.45, 2.75) is 39.7 Å². The average Bonchev–Trinajstić information content (AvgIpc) is 2.12. The lowest BCUT2D eigenvalue weighted by Crippen LogP contribution is -2.29. The summed E-state index contributed by atoms with van der Waals surface area (Å²) in [6, 6.07) is 0.489. The topological polar surface area (TPSA) is 38.3 Å². The van der Waals surface area contributed by atoms with E-state index < -0.39 is 0 Å². The van der Waals surface area contributed by atoms with Crippen LogP contribution in [0.4, 0.5) is 0 Å². The first-order chi connectivity index (χ1) is 6.57. The molecule has 1 N–H and O–H groups in total. The second-order valence-electron chi connectivity index (χ2n) is 3.56. The van der Waals surface area contributed by atoms with Crippen molar-refractivity contribution in [2.24, 2.45) is 0 Å². The molecule has 0 aromatic heterocycles. The summed E-state index contributed by atoms with van der Waals surface area (Å²) in [6.07, 6.45) is 2.31. The second-order valence-corrected chi connectivity index (χ2v) is 3.56. The molecule has 0 heterocycles. The maximum atomic E-state index is 11.0. The smallest absolute Gasteiger partial charge is 0.333 e. The Kier molecular flexibility index (Phi) is 7.11. The lowest BCUT2D eigenvalue weighted by atomic mass is 10.2. The van der Waals surface area contributed by atoms with Crippen LogP contribution < -0.4 is 5.32 Å². The highest BCUT2D eigenvalue weighted by molar-refractivity contribution is 5.86. The molecule has 1 atom stereocenters. The van der Waals surface area contributed by atoms with Crippen LogP contribution in [0.5, 0.6) is 0 Å². The molecule has 0 bridgehead atoms. The van der Waals surface area contributed by atoms with Gasteiger partial charge in [-0.15, -0.1) is 0 Å². The number of ether oxygens (including phenoxy) is 1. The van der Waals surface area contributed by atoms with Crippen LogP contribution in [0.15, 0.2) is 12.2 Å². The average molecular weight is 199 g/mol. The Morgan fingerprint density at radius 1 is 1.57 bits per heavy atom. The number of esters is 1. The molecule has 0 saturated carbocycles. The van der Waals surface area contributed by atoms with E-state index in [4.69, 9.17) is 4.74 Å². The van der Waals surface area contributed by atoms with Gasteiger partial charge in [0.15, 0.2) is 0 Å². The number of rotatable bonds is 7.